The molecule has 3 heterocycles. The Bertz CT molecular complexity index is 5210. The van der Waals surface area contributed by atoms with E-state index in [0.717, 1.165) is 25.3 Å². The largest absolute Gasteiger partial charge is 0.309 e. The number of hydrogen-bond acceptors (Lipinski definition) is 4. The Labute approximate surface area is 437 Å². The molecule has 69 heavy (non-hydrogen) atoms. The summed E-state index contributed by atoms with van der Waals surface area (Å²) in [6.45, 7) is 0. The summed E-state index contributed by atoms with van der Waals surface area (Å²) in [5, 5.41) is 2.73. The highest BCUT2D eigenvalue weighted by Gasteiger charge is 2.41. The first kappa shape index (κ1) is 23.4. The molecule has 0 saturated heterocycles. The van der Waals surface area contributed by atoms with Crippen LogP contribution in [0.15, 0.2) is 254 Å². The minimum Gasteiger partial charge on any atom is -0.309 e. The summed E-state index contributed by atoms with van der Waals surface area (Å²) in [5.41, 5.74) is -3.70. The molecular weight excluding hydrogens is 873 g/mol. The first-order chi connectivity index (χ1) is 43.8. The van der Waals surface area contributed by atoms with Crippen molar-refractivity contribution in [2.24, 2.45) is 0 Å². The number of para-hydroxylation sites is 2. The van der Waals surface area contributed by atoms with E-state index in [1.165, 1.54) is 0 Å². The molecule has 4 nitrogen and oxygen atoms in total. The van der Waals surface area contributed by atoms with E-state index in [9.17, 15) is 12.3 Å². The Hall–Kier alpha value is -8.55. The molecule has 0 spiro atoms. The van der Waals surface area contributed by atoms with E-state index in [2.05, 4.69) is 36.4 Å². The molecule has 0 saturated carbocycles. The molecule has 3 aromatic heterocycles. The molecule has 0 radical (unpaired) electrons. The van der Waals surface area contributed by atoms with Crippen LogP contribution in [0, 0.1) is 0 Å². The van der Waals surface area contributed by atoms with E-state index < -0.39 is 208 Å². The highest BCUT2D eigenvalue weighted by Crippen LogP contribution is 2.43. The molecule has 0 bridgehead atoms. The number of aromatic nitrogens is 4. The number of benzene rings is 10. The van der Waals surface area contributed by atoms with Gasteiger partial charge in [-0.05, 0) is 56.5 Å². The maximum absolute atomic E-state index is 10.2. The lowest BCUT2D eigenvalue weighted by atomic mass is 9.97. The molecule has 0 N–H and O–H groups in total. The van der Waals surface area contributed by atoms with E-state index in [1.54, 1.807) is 12.1 Å². The SMILES string of the molecule is [2H]c1c([2H])c([2H])c(-c2c([2H])c([2H])c([2H])c3c2sc2c([2H])c([2H])c([2H])c([2H])c23)c(-c2nc(-c3ccc([Si](c4ccccc4)(c4ccccc4)c4ccccc4)cc3)nc(-c3c([2H])c([2H])c([2H])c(-n4c5c([2H])c([2H])c([2H])c([2H])c5c5c([2H])c([2H])c([2H])c([2H])c54)c3[2H])n2)c1[2H]. The highest BCUT2D eigenvalue weighted by molar-refractivity contribution is 7.26. The van der Waals surface area contributed by atoms with Crippen molar-refractivity contribution in [3.8, 4) is 51.0 Å². The van der Waals surface area contributed by atoms with Crippen LogP contribution in [0.4, 0.5) is 0 Å². The third-order valence-electron chi connectivity index (χ3n) is 12.0. The van der Waals surface area contributed by atoms with Crippen LogP contribution in [0.5, 0.6) is 0 Å². The van der Waals surface area contributed by atoms with Gasteiger partial charge >= 0.3 is 0 Å². The standard InChI is InChI=1S/C63H42N4SSi/c1-4-22-46(23-5-1)69(47-24-6-2-7-25-47,48-26-8-3-9-27-48)49-40-38-43(39-41-49)61-64-62(44-20-18-21-45(42-44)67-57-35-15-12-29-51(57)52-30-13-16-36-58(52)67)66-63(65-61)56-32-11-10-28-50(56)54-33-19-34-55-53-31-14-17-37-59(53)68-60(54)55/h1-42H/i10D,11D,12D,13D,14D,15D,16D,17D,18D,19D,20D,21D,28D,29D,30D,31D,32D,33D,34D,35D,36D,37D,42D. The Morgan fingerprint density at radius 2 is 0.855 bits per heavy atom. The van der Waals surface area contributed by atoms with Gasteiger partial charge in [0.1, 0.15) is 0 Å². The Morgan fingerprint density at radius 3 is 1.49 bits per heavy atom. The molecule has 0 atom stereocenters. The van der Waals surface area contributed by atoms with E-state index in [1.807, 2.05) is 66.7 Å². The van der Waals surface area contributed by atoms with Gasteiger partial charge in [0.2, 0.25) is 0 Å². The van der Waals surface area contributed by atoms with Crippen molar-refractivity contribution in [3.63, 3.8) is 0 Å². The average Bonchev–Trinajstić information content (AvgIpc) is 1.50. The molecule has 0 fully saturated rings. The number of hydrogen-bond donors (Lipinski definition) is 0. The molecule has 10 aromatic carbocycles. The summed E-state index contributed by atoms with van der Waals surface area (Å²) >= 11 is 0.704. The van der Waals surface area contributed by atoms with Gasteiger partial charge in [0.05, 0.1) is 42.6 Å². The normalized spacial score (nSPS) is 16.4. The summed E-state index contributed by atoms with van der Waals surface area (Å²) in [6, 6.07) is 19.4. The van der Waals surface area contributed by atoms with Crippen molar-refractivity contribution in [3.05, 3.63) is 254 Å². The fraction of sp³-hybridized carbons (Fsp3) is 0. The van der Waals surface area contributed by atoms with Gasteiger partial charge in [-0.15, -0.1) is 11.3 Å². The molecule has 6 heteroatoms. The summed E-state index contributed by atoms with van der Waals surface area (Å²) in [7, 11) is -3.22. The maximum atomic E-state index is 10.2. The molecule has 324 valence electrons. The van der Waals surface area contributed by atoms with Gasteiger partial charge in [-0.1, -0.05) is 224 Å². The third kappa shape index (κ3) is 6.83. The average molecular weight is 938 g/mol. The van der Waals surface area contributed by atoms with Gasteiger partial charge < -0.3 is 4.57 Å². The van der Waals surface area contributed by atoms with Crippen molar-refractivity contribution >= 4 is 82.1 Å². The fourth-order valence-electron chi connectivity index (χ4n) is 9.04. The number of fused-ring (bicyclic) bond motifs is 6. The van der Waals surface area contributed by atoms with Crippen LogP contribution in [0.2, 0.25) is 0 Å². The minimum atomic E-state index is -3.22. The van der Waals surface area contributed by atoms with Crippen LogP contribution in [0.25, 0.3) is 93.0 Å². The summed E-state index contributed by atoms with van der Waals surface area (Å²) < 4.78 is 211. The Balaban J connectivity index is 1.17. The number of rotatable bonds is 9. The van der Waals surface area contributed by atoms with Crippen LogP contribution in [0.3, 0.4) is 0 Å². The quantitative estimate of drug-likeness (QED) is 0.107. The van der Waals surface area contributed by atoms with Gasteiger partial charge in [0.15, 0.2) is 25.5 Å². The van der Waals surface area contributed by atoms with Crippen LogP contribution < -0.4 is 20.7 Å². The van der Waals surface area contributed by atoms with E-state index in [4.69, 9.17) is 34.1 Å². The molecular formula is C63H42N4SSi. The zero-order chi connectivity index (χ0) is 65.7. The maximum Gasteiger partial charge on any atom is 0.179 e. The molecule has 0 amide bonds. The lowest BCUT2D eigenvalue weighted by molar-refractivity contribution is 1.07. The van der Waals surface area contributed by atoms with Crippen molar-refractivity contribution in [1.29, 1.82) is 0 Å². The monoisotopic (exact) mass is 937 g/mol. The number of nitrogens with zero attached hydrogens (tertiary/aromatic N) is 4. The second kappa shape index (κ2) is 17.0. The first-order valence-corrected chi connectivity index (χ1v) is 24.3. The van der Waals surface area contributed by atoms with Crippen molar-refractivity contribution in [2.45, 2.75) is 0 Å². The summed E-state index contributed by atoms with van der Waals surface area (Å²) in [5.74, 6) is -1.57. The molecule has 0 aliphatic heterocycles. The lowest BCUT2D eigenvalue weighted by Gasteiger charge is -2.34. The van der Waals surface area contributed by atoms with E-state index in [-0.39, 0.29) is 31.6 Å². The predicted octanol–water partition coefficient (Wildman–Crippen LogP) is 13.4. The van der Waals surface area contributed by atoms with E-state index in [0.29, 0.717) is 11.3 Å². The van der Waals surface area contributed by atoms with Crippen molar-refractivity contribution in [2.75, 3.05) is 0 Å². The van der Waals surface area contributed by atoms with Crippen LogP contribution in [-0.4, -0.2) is 27.6 Å². The van der Waals surface area contributed by atoms with Gasteiger partial charge in [-0.25, -0.2) is 15.0 Å². The second-order valence-electron chi connectivity index (χ2n) is 15.7. The zero-order valence-corrected chi connectivity index (χ0v) is 37.5. The topological polar surface area (TPSA) is 43.6 Å². The first-order valence-electron chi connectivity index (χ1n) is 33.0. The Morgan fingerprint density at radius 1 is 0.377 bits per heavy atom. The van der Waals surface area contributed by atoms with Crippen molar-refractivity contribution in [1.82, 2.24) is 19.5 Å². The fourth-order valence-corrected chi connectivity index (χ4v) is 14.9. The summed E-state index contributed by atoms with van der Waals surface area (Å²) in [6.07, 6.45) is 0. The molecule has 0 aliphatic rings. The summed E-state index contributed by atoms with van der Waals surface area (Å²) in [4.78, 5) is 14.6. The number of thiophene rings is 1. The van der Waals surface area contributed by atoms with Crippen LogP contribution in [0.1, 0.15) is 31.5 Å². The van der Waals surface area contributed by atoms with Crippen molar-refractivity contribution < 1.29 is 31.5 Å². The highest BCUT2D eigenvalue weighted by atomic mass is 32.1. The molecule has 0 aliphatic carbocycles. The van der Waals surface area contributed by atoms with E-state index >= 15 is 0 Å². The zero-order valence-electron chi connectivity index (χ0n) is 58.7. The molecule has 13 rings (SSSR count). The van der Waals surface area contributed by atoms with Crippen LogP contribution in [-0.2, 0) is 0 Å². The van der Waals surface area contributed by atoms with Gasteiger partial charge in [0, 0.05) is 58.9 Å². The smallest absolute Gasteiger partial charge is 0.179 e. The molecule has 13 aromatic rings. The predicted molar refractivity (Wildman–Crippen MR) is 292 cm³/mol. The second-order valence-corrected chi connectivity index (χ2v) is 20.6. The van der Waals surface area contributed by atoms with Gasteiger partial charge in [0.25, 0.3) is 0 Å². The minimum absolute atomic E-state index is 0.0830. The third-order valence-corrected chi connectivity index (χ3v) is 17.9. The van der Waals surface area contributed by atoms with Gasteiger partial charge in [-0.3, -0.25) is 0 Å². The van der Waals surface area contributed by atoms with Gasteiger partial charge in [-0.2, -0.15) is 0 Å². The lowest BCUT2D eigenvalue weighted by Crippen LogP contribution is -2.74. The molecule has 0 unspecified atom stereocenters. The Kier molecular flexibility index (Phi) is 5.76. The van der Waals surface area contributed by atoms with Crippen LogP contribution >= 0.6 is 11.3 Å².